The van der Waals surface area contributed by atoms with E-state index >= 15 is 0 Å². The van der Waals surface area contributed by atoms with Gasteiger partial charge in [0.25, 0.3) is 0 Å². The lowest BCUT2D eigenvalue weighted by molar-refractivity contribution is -0.119. The van der Waals surface area contributed by atoms with Gasteiger partial charge in [0.2, 0.25) is 0 Å². The summed E-state index contributed by atoms with van der Waals surface area (Å²) in [7, 11) is 1.83. The molecule has 0 aromatic heterocycles. The average Bonchev–Trinajstić information content (AvgIpc) is 2.40. The summed E-state index contributed by atoms with van der Waals surface area (Å²) < 4.78 is 0. The van der Waals surface area contributed by atoms with Crippen molar-refractivity contribution >= 4 is 5.78 Å². The van der Waals surface area contributed by atoms with Gasteiger partial charge in [-0.15, -0.1) is 0 Å². The molecule has 0 saturated heterocycles. The monoisotopic (exact) mass is 155 g/mol. The highest BCUT2D eigenvalue weighted by molar-refractivity contribution is 5.80. The molecule has 11 heavy (non-hydrogen) atoms. The zero-order chi connectivity index (χ0) is 8.10. The van der Waals surface area contributed by atoms with Crippen LogP contribution in [0.15, 0.2) is 0 Å². The van der Waals surface area contributed by atoms with Crippen LogP contribution >= 0.6 is 0 Å². The lowest BCUT2D eigenvalue weighted by Crippen LogP contribution is -2.20. The van der Waals surface area contributed by atoms with E-state index in [1.165, 1.54) is 25.7 Å². The number of hydrogen-bond acceptors (Lipinski definition) is 2. The Morgan fingerprint density at radius 1 is 1.45 bits per heavy atom. The van der Waals surface area contributed by atoms with Crippen molar-refractivity contribution in [2.45, 2.75) is 32.1 Å². The second kappa shape index (κ2) is 4.50. The number of nitrogens with one attached hydrogen (secondary N) is 1. The van der Waals surface area contributed by atoms with E-state index in [2.05, 4.69) is 5.32 Å². The molecule has 0 bridgehead atoms. The van der Waals surface area contributed by atoms with Crippen LogP contribution in [-0.2, 0) is 4.79 Å². The highest BCUT2D eigenvalue weighted by atomic mass is 16.1. The van der Waals surface area contributed by atoms with Crippen molar-refractivity contribution in [1.29, 1.82) is 0 Å². The van der Waals surface area contributed by atoms with Crippen molar-refractivity contribution in [3.63, 3.8) is 0 Å². The standard InChI is InChI=1S/C9H17NO/c1-10-7-9(11)6-8-4-2-3-5-8/h8,10H,2-7H2,1H3. The van der Waals surface area contributed by atoms with Gasteiger partial charge in [0.1, 0.15) is 5.78 Å². The second-order valence-electron chi connectivity index (χ2n) is 3.42. The minimum Gasteiger partial charge on any atom is -0.313 e. The summed E-state index contributed by atoms with van der Waals surface area (Å²) in [5, 5.41) is 2.89. The minimum atomic E-state index is 0.374. The van der Waals surface area contributed by atoms with Crippen LogP contribution in [0.5, 0.6) is 0 Å². The van der Waals surface area contributed by atoms with E-state index < -0.39 is 0 Å². The summed E-state index contributed by atoms with van der Waals surface area (Å²) in [6, 6.07) is 0. The van der Waals surface area contributed by atoms with E-state index in [1.807, 2.05) is 7.05 Å². The third-order valence-corrected chi connectivity index (χ3v) is 2.37. The summed E-state index contributed by atoms with van der Waals surface area (Å²) in [4.78, 5) is 11.1. The van der Waals surface area contributed by atoms with Gasteiger partial charge in [-0.05, 0) is 13.0 Å². The van der Waals surface area contributed by atoms with Crippen molar-refractivity contribution in [2.75, 3.05) is 13.6 Å². The van der Waals surface area contributed by atoms with Crippen LogP contribution in [0.1, 0.15) is 32.1 Å². The highest BCUT2D eigenvalue weighted by Crippen LogP contribution is 2.27. The van der Waals surface area contributed by atoms with E-state index in [0.717, 1.165) is 6.42 Å². The molecule has 0 spiro atoms. The Hall–Kier alpha value is -0.370. The maximum Gasteiger partial charge on any atom is 0.146 e. The fourth-order valence-corrected chi connectivity index (χ4v) is 1.81. The first-order valence-electron chi connectivity index (χ1n) is 4.49. The minimum absolute atomic E-state index is 0.374. The largest absolute Gasteiger partial charge is 0.313 e. The summed E-state index contributed by atoms with van der Waals surface area (Å²) >= 11 is 0. The molecule has 1 N–H and O–H groups in total. The normalized spacial score (nSPS) is 19.0. The van der Waals surface area contributed by atoms with Crippen molar-refractivity contribution in [3.8, 4) is 0 Å². The summed E-state index contributed by atoms with van der Waals surface area (Å²) in [6.45, 7) is 0.552. The molecule has 2 nitrogen and oxygen atoms in total. The van der Waals surface area contributed by atoms with Crippen LogP contribution in [0.25, 0.3) is 0 Å². The molecule has 0 amide bonds. The Kier molecular flexibility index (Phi) is 3.57. The molecule has 0 aromatic carbocycles. The molecular weight excluding hydrogens is 138 g/mol. The maximum atomic E-state index is 11.1. The van der Waals surface area contributed by atoms with E-state index in [-0.39, 0.29) is 0 Å². The topological polar surface area (TPSA) is 29.1 Å². The molecular formula is C9H17NO. The van der Waals surface area contributed by atoms with Crippen LogP contribution in [0, 0.1) is 5.92 Å². The molecule has 1 saturated carbocycles. The van der Waals surface area contributed by atoms with Gasteiger partial charge in [0.05, 0.1) is 6.54 Å². The fourth-order valence-electron chi connectivity index (χ4n) is 1.81. The lowest BCUT2D eigenvalue weighted by atomic mass is 10.0. The van der Waals surface area contributed by atoms with E-state index in [9.17, 15) is 4.79 Å². The number of ketones is 1. The average molecular weight is 155 g/mol. The van der Waals surface area contributed by atoms with Crippen molar-refractivity contribution in [1.82, 2.24) is 5.32 Å². The summed E-state index contributed by atoms with van der Waals surface area (Å²) in [6.07, 6.45) is 6.01. The van der Waals surface area contributed by atoms with Crippen LogP contribution in [0.2, 0.25) is 0 Å². The van der Waals surface area contributed by atoms with E-state index in [0.29, 0.717) is 18.2 Å². The van der Waals surface area contributed by atoms with Crippen molar-refractivity contribution in [3.05, 3.63) is 0 Å². The zero-order valence-corrected chi connectivity index (χ0v) is 7.23. The van der Waals surface area contributed by atoms with Crippen molar-refractivity contribution in [2.24, 2.45) is 5.92 Å². The Morgan fingerprint density at radius 3 is 2.64 bits per heavy atom. The van der Waals surface area contributed by atoms with Crippen LogP contribution in [-0.4, -0.2) is 19.4 Å². The van der Waals surface area contributed by atoms with Gasteiger partial charge >= 0.3 is 0 Å². The van der Waals surface area contributed by atoms with Gasteiger partial charge in [-0.25, -0.2) is 0 Å². The first kappa shape index (κ1) is 8.72. The van der Waals surface area contributed by atoms with Gasteiger partial charge in [0, 0.05) is 6.42 Å². The molecule has 1 fully saturated rings. The molecule has 1 aliphatic rings. The Balaban J connectivity index is 2.13. The molecule has 2 heteroatoms. The molecule has 1 aliphatic carbocycles. The van der Waals surface area contributed by atoms with Crippen LogP contribution < -0.4 is 5.32 Å². The number of hydrogen-bond donors (Lipinski definition) is 1. The lowest BCUT2D eigenvalue weighted by Gasteiger charge is -2.06. The van der Waals surface area contributed by atoms with Crippen LogP contribution in [0.3, 0.4) is 0 Å². The molecule has 64 valence electrons. The number of rotatable bonds is 4. The third kappa shape index (κ3) is 3.02. The quantitative estimate of drug-likeness (QED) is 0.664. The molecule has 0 aliphatic heterocycles. The van der Waals surface area contributed by atoms with E-state index in [4.69, 9.17) is 0 Å². The number of carbonyl (C=O) groups excluding carboxylic acids is 1. The number of likely N-dealkylation sites (N-methyl/N-ethyl adjacent to an activating group) is 1. The predicted molar refractivity (Wildman–Crippen MR) is 45.5 cm³/mol. The Labute approximate surface area is 68.4 Å². The molecule has 0 unspecified atom stereocenters. The maximum absolute atomic E-state index is 11.1. The molecule has 0 heterocycles. The summed E-state index contributed by atoms with van der Waals surface area (Å²) in [5.74, 6) is 1.08. The zero-order valence-electron chi connectivity index (χ0n) is 7.23. The second-order valence-corrected chi connectivity index (χ2v) is 3.42. The van der Waals surface area contributed by atoms with Gasteiger partial charge < -0.3 is 5.32 Å². The predicted octanol–water partition coefficient (Wildman–Crippen LogP) is 1.36. The van der Waals surface area contributed by atoms with E-state index in [1.54, 1.807) is 0 Å². The van der Waals surface area contributed by atoms with Gasteiger partial charge in [0.15, 0.2) is 0 Å². The van der Waals surface area contributed by atoms with Crippen molar-refractivity contribution < 1.29 is 4.79 Å². The number of Topliss-reactive ketones (excluding diaryl/α,β-unsaturated/α-hetero) is 1. The van der Waals surface area contributed by atoms with Gasteiger partial charge in [-0.1, -0.05) is 25.7 Å². The highest BCUT2D eigenvalue weighted by Gasteiger charge is 2.17. The molecule has 0 radical (unpaired) electrons. The Morgan fingerprint density at radius 2 is 2.09 bits per heavy atom. The number of carbonyl (C=O) groups is 1. The first-order chi connectivity index (χ1) is 5.33. The van der Waals surface area contributed by atoms with Gasteiger partial charge in [-0.3, -0.25) is 4.79 Å². The molecule has 0 atom stereocenters. The first-order valence-corrected chi connectivity index (χ1v) is 4.49. The molecule has 1 rings (SSSR count). The van der Waals surface area contributed by atoms with Gasteiger partial charge in [-0.2, -0.15) is 0 Å². The van der Waals surface area contributed by atoms with Crippen LogP contribution in [0.4, 0.5) is 0 Å². The fraction of sp³-hybridized carbons (Fsp3) is 0.889. The summed E-state index contributed by atoms with van der Waals surface area (Å²) in [5.41, 5.74) is 0. The SMILES string of the molecule is CNCC(=O)CC1CCCC1. The Bertz CT molecular complexity index is 128. The third-order valence-electron chi connectivity index (χ3n) is 2.37. The molecule has 0 aromatic rings. The smallest absolute Gasteiger partial charge is 0.146 e.